The molecule has 0 aliphatic carbocycles. The van der Waals surface area contributed by atoms with Gasteiger partial charge in [0.05, 0.1) is 12.0 Å². The molecule has 5 nitrogen and oxygen atoms in total. The summed E-state index contributed by atoms with van der Waals surface area (Å²) in [5, 5.41) is 11.0. The fourth-order valence-corrected chi connectivity index (χ4v) is 1.81. The van der Waals surface area contributed by atoms with Gasteiger partial charge in [-0.2, -0.15) is 0 Å². The lowest BCUT2D eigenvalue weighted by Crippen LogP contribution is -2.14. The Balaban J connectivity index is 3.42. The number of rotatable bonds is 5. The van der Waals surface area contributed by atoms with Crippen LogP contribution in [0.2, 0.25) is 0 Å². The van der Waals surface area contributed by atoms with Crippen LogP contribution in [-0.2, 0) is 0 Å². The van der Waals surface area contributed by atoms with Gasteiger partial charge in [-0.25, -0.2) is 4.98 Å². The van der Waals surface area contributed by atoms with E-state index in [0.29, 0.717) is 5.69 Å². The quantitative estimate of drug-likeness (QED) is 0.468. The fourth-order valence-electron chi connectivity index (χ4n) is 1.26. The van der Waals surface area contributed by atoms with Crippen LogP contribution in [0, 0.1) is 5.41 Å². The first kappa shape index (κ1) is 12.5. The molecule has 0 radical (unpaired) electrons. The van der Waals surface area contributed by atoms with Crippen LogP contribution in [0.5, 0.6) is 0 Å². The van der Waals surface area contributed by atoms with Crippen molar-refractivity contribution in [3.63, 3.8) is 0 Å². The van der Waals surface area contributed by atoms with Crippen LogP contribution in [0.3, 0.4) is 0 Å². The standard InChI is InChI=1S/C10H15N5S/c1-12-8-5-7(15(3)6-11)9(13-2)10(14-8)16-4/h5-6,11H,2H2,1,3-4H3,(H,12,14). The molecule has 0 aliphatic heterocycles. The van der Waals surface area contributed by atoms with E-state index >= 15 is 0 Å². The van der Waals surface area contributed by atoms with Crippen molar-refractivity contribution in [1.82, 2.24) is 4.98 Å². The number of aromatic nitrogens is 1. The van der Waals surface area contributed by atoms with Gasteiger partial charge in [0.25, 0.3) is 0 Å². The van der Waals surface area contributed by atoms with Crippen molar-refractivity contribution in [2.75, 3.05) is 30.6 Å². The molecule has 0 saturated carbocycles. The summed E-state index contributed by atoms with van der Waals surface area (Å²) in [6.45, 7) is 3.55. The highest BCUT2D eigenvalue weighted by atomic mass is 32.2. The van der Waals surface area contributed by atoms with Crippen molar-refractivity contribution < 1.29 is 0 Å². The van der Waals surface area contributed by atoms with Gasteiger partial charge in [0, 0.05) is 20.2 Å². The molecule has 2 N–H and O–H groups in total. The molecule has 0 unspecified atom stereocenters. The lowest BCUT2D eigenvalue weighted by atomic mass is 10.3. The lowest BCUT2D eigenvalue weighted by molar-refractivity contribution is 1.10. The van der Waals surface area contributed by atoms with Gasteiger partial charge in [0.1, 0.15) is 16.5 Å². The zero-order valence-corrected chi connectivity index (χ0v) is 10.4. The Labute approximate surface area is 99.5 Å². The molecule has 0 aromatic carbocycles. The molecule has 0 spiro atoms. The molecule has 0 fully saturated rings. The maximum Gasteiger partial charge on any atom is 0.129 e. The Kier molecular flexibility index (Phi) is 4.30. The molecule has 16 heavy (non-hydrogen) atoms. The zero-order valence-electron chi connectivity index (χ0n) is 9.61. The highest BCUT2D eigenvalue weighted by Crippen LogP contribution is 2.36. The molecular formula is C10H15N5S. The molecular weight excluding hydrogens is 222 g/mol. The maximum absolute atomic E-state index is 7.26. The Bertz CT molecular complexity index is 404. The average molecular weight is 237 g/mol. The smallest absolute Gasteiger partial charge is 0.129 e. The predicted octanol–water partition coefficient (Wildman–Crippen LogP) is 2.22. The summed E-state index contributed by atoms with van der Waals surface area (Å²) < 4.78 is 0. The van der Waals surface area contributed by atoms with E-state index < -0.39 is 0 Å². The normalized spacial score (nSPS) is 9.69. The zero-order chi connectivity index (χ0) is 12.1. The number of anilines is 2. The minimum Gasteiger partial charge on any atom is -0.373 e. The molecule has 0 aliphatic rings. The van der Waals surface area contributed by atoms with E-state index in [-0.39, 0.29) is 0 Å². The summed E-state index contributed by atoms with van der Waals surface area (Å²) in [7, 11) is 3.60. The molecule has 0 saturated heterocycles. The Morgan fingerprint density at radius 2 is 2.38 bits per heavy atom. The average Bonchev–Trinajstić information content (AvgIpc) is 2.35. The first-order valence-corrected chi connectivity index (χ1v) is 5.87. The number of pyridine rings is 1. The van der Waals surface area contributed by atoms with Gasteiger partial charge < -0.3 is 10.2 Å². The molecule has 86 valence electrons. The highest BCUT2D eigenvalue weighted by Gasteiger charge is 2.12. The summed E-state index contributed by atoms with van der Waals surface area (Å²) in [5.41, 5.74) is 1.52. The van der Waals surface area contributed by atoms with Crippen LogP contribution in [-0.4, -0.2) is 38.4 Å². The maximum atomic E-state index is 7.26. The van der Waals surface area contributed by atoms with Crippen molar-refractivity contribution in [2.45, 2.75) is 5.03 Å². The first-order valence-electron chi connectivity index (χ1n) is 4.64. The predicted molar refractivity (Wildman–Crippen MR) is 72.0 cm³/mol. The van der Waals surface area contributed by atoms with Gasteiger partial charge in [0.15, 0.2) is 0 Å². The monoisotopic (exact) mass is 237 g/mol. The number of hydrogen-bond acceptors (Lipinski definition) is 5. The van der Waals surface area contributed by atoms with E-state index in [1.807, 2.05) is 19.4 Å². The Morgan fingerprint density at radius 1 is 1.69 bits per heavy atom. The minimum atomic E-state index is 0.706. The number of nitrogens with one attached hydrogen (secondary N) is 2. The third kappa shape index (κ3) is 2.33. The van der Waals surface area contributed by atoms with Gasteiger partial charge in [-0.05, 0) is 13.0 Å². The molecule has 1 rings (SSSR count). The third-order valence-corrected chi connectivity index (χ3v) is 2.79. The third-order valence-electron chi connectivity index (χ3n) is 2.12. The SMILES string of the molecule is C=Nc1c(N(C)C=N)cc(NC)nc1SC. The van der Waals surface area contributed by atoms with E-state index in [9.17, 15) is 0 Å². The van der Waals surface area contributed by atoms with Gasteiger partial charge in [0.2, 0.25) is 0 Å². The summed E-state index contributed by atoms with van der Waals surface area (Å²) in [5.74, 6) is 0.750. The van der Waals surface area contributed by atoms with Gasteiger partial charge in [-0.3, -0.25) is 10.4 Å². The fraction of sp³-hybridized carbons (Fsp3) is 0.300. The van der Waals surface area contributed by atoms with Crippen LogP contribution in [0.4, 0.5) is 17.2 Å². The van der Waals surface area contributed by atoms with E-state index in [1.54, 1.807) is 11.9 Å². The van der Waals surface area contributed by atoms with E-state index in [1.165, 1.54) is 18.1 Å². The summed E-state index contributed by atoms with van der Waals surface area (Å²) in [4.78, 5) is 10.0. The van der Waals surface area contributed by atoms with Crippen molar-refractivity contribution in [1.29, 1.82) is 5.41 Å². The molecule has 1 aromatic rings. The van der Waals surface area contributed by atoms with Crippen LogP contribution < -0.4 is 10.2 Å². The number of hydrogen-bond donors (Lipinski definition) is 2. The number of thioether (sulfide) groups is 1. The molecule has 1 aromatic heterocycles. The van der Waals surface area contributed by atoms with Crippen molar-refractivity contribution in [3.8, 4) is 0 Å². The van der Waals surface area contributed by atoms with Crippen LogP contribution in [0.1, 0.15) is 0 Å². The Hall–Kier alpha value is -1.56. The van der Waals surface area contributed by atoms with Crippen LogP contribution >= 0.6 is 11.8 Å². The van der Waals surface area contributed by atoms with Gasteiger partial charge >= 0.3 is 0 Å². The number of aliphatic imine (C=N–C) groups is 1. The molecule has 1 heterocycles. The number of nitrogens with zero attached hydrogens (tertiary/aromatic N) is 3. The van der Waals surface area contributed by atoms with E-state index in [4.69, 9.17) is 5.41 Å². The summed E-state index contributed by atoms with van der Waals surface area (Å²) in [6.07, 6.45) is 3.16. The summed E-state index contributed by atoms with van der Waals surface area (Å²) in [6, 6.07) is 1.84. The first-order chi connectivity index (χ1) is 7.67. The second-order valence-electron chi connectivity index (χ2n) is 3.03. The molecule has 0 bridgehead atoms. The van der Waals surface area contributed by atoms with Crippen LogP contribution in [0.15, 0.2) is 16.1 Å². The lowest BCUT2D eigenvalue weighted by Gasteiger charge is -2.17. The van der Waals surface area contributed by atoms with Gasteiger partial charge in [-0.15, -0.1) is 11.8 Å². The molecule has 0 atom stereocenters. The minimum absolute atomic E-state index is 0.706. The van der Waals surface area contributed by atoms with Crippen molar-refractivity contribution >= 4 is 42.0 Å². The van der Waals surface area contributed by atoms with Crippen molar-refractivity contribution in [3.05, 3.63) is 6.07 Å². The second kappa shape index (κ2) is 5.50. The largest absolute Gasteiger partial charge is 0.373 e. The summed E-state index contributed by atoms with van der Waals surface area (Å²) >= 11 is 1.50. The second-order valence-corrected chi connectivity index (χ2v) is 3.83. The van der Waals surface area contributed by atoms with Crippen LogP contribution in [0.25, 0.3) is 0 Å². The molecule has 6 heteroatoms. The van der Waals surface area contributed by atoms with Crippen molar-refractivity contribution in [2.24, 2.45) is 4.99 Å². The van der Waals surface area contributed by atoms with E-state index in [2.05, 4.69) is 22.0 Å². The van der Waals surface area contributed by atoms with Gasteiger partial charge in [-0.1, -0.05) is 0 Å². The highest BCUT2D eigenvalue weighted by molar-refractivity contribution is 7.98. The topological polar surface area (TPSA) is 64.4 Å². The van der Waals surface area contributed by atoms with E-state index in [0.717, 1.165) is 16.5 Å². The Morgan fingerprint density at radius 3 is 2.81 bits per heavy atom. The molecule has 0 amide bonds.